The van der Waals surface area contributed by atoms with Gasteiger partial charge < -0.3 is 14.3 Å². The Bertz CT molecular complexity index is 589. The van der Waals surface area contributed by atoms with E-state index in [9.17, 15) is 5.11 Å². The maximum atomic E-state index is 10.7. The van der Waals surface area contributed by atoms with Crippen LogP contribution < -0.4 is 0 Å². The van der Waals surface area contributed by atoms with E-state index in [4.69, 9.17) is 9.16 Å². The molecule has 1 N–H and O–H groups in total. The Morgan fingerprint density at radius 1 is 1.21 bits per heavy atom. The van der Waals surface area contributed by atoms with E-state index < -0.39 is 8.32 Å². The summed E-state index contributed by atoms with van der Waals surface area (Å²) in [7, 11) is -1.73. The normalized spacial score (nSPS) is 36.8. The van der Waals surface area contributed by atoms with Gasteiger partial charge in [-0.05, 0) is 74.1 Å². The van der Waals surface area contributed by atoms with Gasteiger partial charge in [-0.2, -0.15) is 0 Å². The molecule has 2 aliphatic carbocycles. The summed E-state index contributed by atoms with van der Waals surface area (Å²) in [5.41, 5.74) is 1.37. The Hall–Kier alpha value is -0.423. The molecule has 0 aromatic carbocycles. The molecule has 1 heterocycles. The Balaban J connectivity index is 1.57. The predicted octanol–water partition coefficient (Wildman–Crippen LogP) is 5.86. The zero-order valence-electron chi connectivity index (χ0n) is 18.9. The number of hydrogen-bond acceptors (Lipinski definition) is 3. The Morgan fingerprint density at radius 3 is 2.68 bits per heavy atom. The highest BCUT2D eigenvalue weighted by Crippen LogP contribution is 2.43. The molecule has 0 spiro atoms. The van der Waals surface area contributed by atoms with Crippen LogP contribution in [0.15, 0.2) is 23.8 Å². The summed E-state index contributed by atoms with van der Waals surface area (Å²) in [4.78, 5) is 0. The van der Waals surface area contributed by atoms with Gasteiger partial charge in [0.15, 0.2) is 8.32 Å². The van der Waals surface area contributed by atoms with Gasteiger partial charge in [-0.25, -0.2) is 0 Å². The lowest BCUT2D eigenvalue weighted by atomic mass is 9.66. The maximum absolute atomic E-state index is 10.7. The first-order valence-electron chi connectivity index (χ1n) is 11.4. The first-order chi connectivity index (χ1) is 13.1. The quantitative estimate of drug-likeness (QED) is 0.582. The van der Waals surface area contributed by atoms with E-state index in [0.717, 1.165) is 45.1 Å². The average Bonchev–Trinajstić information content (AvgIpc) is 2.60. The second-order valence-electron chi connectivity index (χ2n) is 10.9. The van der Waals surface area contributed by atoms with Gasteiger partial charge in [0, 0.05) is 18.6 Å². The molecule has 0 aromatic rings. The van der Waals surface area contributed by atoms with Gasteiger partial charge in [-0.3, -0.25) is 0 Å². The number of hydrogen-bond donors (Lipinski definition) is 1. The third-order valence-corrected chi connectivity index (χ3v) is 12.3. The smallest absolute Gasteiger partial charge is 0.192 e. The molecule has 3 nitrogen and oxygen atoms in total. The third-order valence-electron chi connectivity index (χ3n) is 7.78. The summed E-state index contributed by atoms with van der Waals surface area (Å²) >= 11 is 0. The highest BCUT2D eigenvalue weighted by Gasteiger charge is 2.41. The molecule has 1 aliphatic heterocycles. The standard InChI is InChI=1S/C24H42O3Si/c1-17-10-11-18-8-7-9-22(25)23(18)21(17)13-12-19-16-20(14-15-26-19)27-28(5,6)24(2,3)4/h8,10-11,17,19-23,25H,7,9,12-16H2,1-6H3/t17-,19+,20+,21-,22-,23-/m0/s1. The monoisotopic (exact) mass is 406 g/mol. The van der Waals surface area contributed by atoms with Crippen molar-refractivity contribution in [1.29, 1.82) is 0 Å². The van der Waals surface area contributed by atoms with Crippen LogP contribution in [-0.2, 0) is 9.16 Å². The van der Waals surface area contributed by atoms with Crippen molar-refractivity contribution in [3.63, 3.8) is 0 Å². The number of fused-ring (bicyclic) bond motifs is 1. The topological polar surface area (TPSA) is 38.7 Å². The van der Waals surface area contributed by atoms with Gasteiger partial charge in [0.2, 0.25) is 0 Å². The third kappa shape index (κ3) is 5.00. The molecule has 1 fully saturated rings. The first kappa shape index (κ1) is 22.3. The average molecular weight is 407 g/mol. The van der Waals surface area contributed by atoms with Gasteiger partial charge in [-0.15, -0.1) is 0 Å². The molecule has 0 aromatic heterocycles. The molecule has 28 heavy (non-hydrogen) atoms. The van der Waals surface area contributed by atoms with Gasteiger partial charge in [-0.1, -0.05) is 45.9 Å². The van der Waals surface area contributed by atoms with E-state index >= 15 is 0 Å². The van der Waals surface area contributed by atoms with Crippen LogP contribution in [0.2, 0.25) is 18.1 Å². The zero-order valence-corrected chi connectivity index (χ0v) is 19.9. The molecular formula is C24H42O3Si. The lowest BCUT2D eigenvalue weighted by Crippen LogP contribution is -2.46. The fourth-order valence-electron chi connectivity index (χ4n) is 4.97. The summed E-state index contributed by atoms with van der Waals surface area (Å²) < 4.78 is 12.8. The summed E-state index contributed by atoms with van der Waals surface area (Å²) in [6.07, 6.45) is 13.6. The molecule has 4 heteroatoms. The van der Waals surface area contributed by atoms with Gasteiger partial charge in [0.25, 0.3) is 0 Å². The molecule has 3 aliphatic rings. The second-order valence-corrected chi connectivity index (χ2v) is 15.6. The molecular weight excluding hydrogens is 364 g/mol. The minimum Gasteiger partial charge on any atom is -0.414 e. The van der Waals surface area contributed by atoms with Crippen LogP contribution in [0.4, 0.5) is 0 Å². The van der Waals surface area contributed by atoms with Crippen molar-refractivity contribution in [1.82, 2.24) is 0 Å². The molecule has 160 valence electrons. The molecule has 0 bridgehead atoms. The number of aliphatic hydroxyl groups excluding tert-OH is 1. The van der Waals surface area contributed by atoms with E-state index in [1.54, 1.807) is 0 Å². The number of aliphatic hydroxyl groups is 1. The van der Waals surface area contributed by atoms with Gasteiger partial charge in [0.1, 0.15) is 0 Å². The van der Waals surface area contributed by atoms with Crippen molar-refractivity contribution < 1.29 is 14.3 Å². The van der Waals surface area contributed by atoms with Crippen LogP contribution in [0.3, 0.4) is 0 Å². The largest absolute Gasteiger partial charge is 0.414 e. The Morgan fingerprint density at radius 2 is 1.96 bits per heavy atom. The number of ether oxygens (including phenoxy) is 1. The van der Waals surface area contributed by atoms with Crippen molar-refractivity contribution in [3.8, 4) is 0 Å². The van der Waals surface area contributed by atoms with Crippen LogP contribution in [-0.4, -0.2) is 38.3 Å². The molecule has 0 radical (unpaired) electrons. The van der Waals surface area contributed by atoms with Crippen LogP contribution in [0.1, 0.15) is 66.2 Å². The second kappa shape index (κ2) is 8.75. The minimum absolute atomic E-state index is 0.181. The van der Waals surface area contributed by atoms with Gasteiger partial charge >= 0.3 is 0 Å². The Kier molecular flexibility index (Phi) is 6.96. The number of allylic oxidation sites excluding steroid dienone is 3. The molecule has 3 rings (SSSR count). The van der Waals surface area contributed by atoms with Crippen LogP contribution in [0.25, 0.3) is 0 Å². The SMILES string of the molecule is C[C@H]1C=CC2=CCC[C@H](O)[C@@H]2[C@H]1CC[C@@H]1C[C@H](O[Si](C)(C)C(C)(C)C)CCO1. The maximum Gasteiger partial charge on any atom is 0.192 e. The summed E-state index contributed by atoms with van der Waals surface area (Å²) in [5.74, 6) is 1.37. The summed E-state index contributed by atoms with van der Waals surface area (Å²) in [6, 6.07) is 0. The zero-order chi connectivity index (χ0) is 20.5. The fraction of sp³-hybridized carbons (Fsp3) is 0.833. The lowest BCUT2D eigenvalue weighted by Gasteiger charge is -2.42. The van der Waals surface area contributed by atoms with Crippen LogP contribution in [0.5, 0.6) is 0 Å². The first-order valence-corrected chi connectivity index (χ1v) is 14.3. The highest BCUT2D eigenvalue weighted by molar-refractivity contribution is 6.74. The lowest BCUT2D eigenvalue weighted by molar-refractivity contribution is -0.0471. The Labute approximate surface area is 173 Å². The molecule has 0 saturated carbocycles. The fourth-order valence-corrected chi connectivity index (χ4v) is 6.37. The van der Waals surface area contributed by atoms with E-state index in [2.05, 4.69) is 59.0 Å². The van der Waals surface area contributed by atoms with Crippen molar-refractivity contribution in [2.75, 3.05) is 6.61 Å². The van der Waals surface area contributed by atoms with Crippen molar-refractivity contribution in [2.45, 2.75) is 103 Å². The summed E-state index contributed by atoms with van der Waals surface area (Å²) in [6.45, 7) is 14.8. The van der Waals surface area contributed by atoms with E-state index in [1.165, 1.54) is 5.57 Å². The molecule has 0 unspecified atom stereocenters. The molecule has 0 amide bonds. The van der Waals surface area contributed by atoms with Crippen molar-refractivity contribution in [3.05, 3.63) is 23.8 Å². The highest BCUT2D eigenvalue weighted by atomic mass is 28.4. The van der Waals surface area contributed by atoms with E-state index in [-0.39, 0.29) is 11.1 Å². The van der Waals surface area contributed by atoms with Crippen molar-refractivity contribution >= 4 is 8.32 Å². The van der Waals surface area contributed by atoms with E-state index in [1.807, 2.05) is 0 Å². The van der Waals surface area contributed by atoms with Crippen molar-refractivity contribution in [2.24, 2.45) is 17.8 Å². The van der Waals surface area contributed by atoms with E-state index in [0.29, 0.717) is 30.0 Å². The minimum atomic E-state index is -1.73. The predicted molar refractivity (Wildman–Crippen MR) is 119 cm³/mol. The van der Waals surface area contributed by atoms with Gasteiger partial charge in [0.05, 0.1) is 12.2 Å². The number of rotatable bonds is 5. The summed E-state index contributed by atoms with van der Waals surface area (Å²) in [5, 5.41) is 10.9. The molecule has 1 saturated heterocycles. The van der Waals surface area contributed by atoms with Crippen LogP contribution in [0, 0.1) is 17.8 Å². The van der Waals surface area contributed by atoms with Crippen LogP contribution >= 0.6 is 0 Å². The molecule has 6 atom stereocenters.